The Morgan fingerprint density at radius 2 is 2.29 bits per heavy atom. The Labute approximate surface area is 102 Å². The van der Waals surface area contributed by atoms with Gasteiger partial charge in [-0.25, -0.2) is 0 Å². The van der Waals surface area contributed by atoms with Crippen molar-refractivity contribution >= 4 is 11.8 Å². The van der Waals surface area contributed by atoms with Crippen molar-refractivity contribution in [3.63, 3.8) is 0 Å². The summed E-state index contributed by atoms with van der Waals surface area (Å²) in [6.45, 7) is 3.23. The number of amides is 2. The number of nitrogens with two attached hydrogens (primary N) is 1. The molecule has 2 fully saturated rings. The van der Waals surface area contributed by atoms with Crippen molar-refractivity contribution in [3.05, 3.63) is 0 Å². The lowest BCUT2D eigenvalue weighted by molar-refractivity contribution is -0.139. The zero-order valence-corrected chi connectivity index (χ0v) is 10.3. The topological polar surface area (TPSA) is 75.4 Å². The third-order valence-electron chi connectivity index (χ3n) is 3.77. The van der Waals surface area contributed by atoms with E-state index in [0.717, 1.165) is 25.8 Å². The number of likely N-dealkylation sites (tertiary alicyclic amines) is 1. The summed E-state index contributed by atoms with van der Waals surface area (Å²) in [6.07, 6.45) is 3.50. The molecule has 96 valence electrons. The van der Waals surface area contributed by atoms with Gasteiger partial charge in [0.2, 0.25) is 11.8 Å². The molecule has 0 spiro atoms. The van der Waals surface area contributed by atoms with E-state index >= 15 is 0 Å². The largest absolute Gasteiger partial charge is 0.355 e. The number of piperidine rings is 1. The number of nitrogens with zero attached hydrogens (tertiary/aromatic N) is 1. The lowest BCUT2D eigenvalue weighted by Gasteiger charge is -2.39. The molecule has 0 aromatic rings. The summed E-state index contributed by atoms with van der Waals surface area (Å²) in [5, 5.41) is 2.72. The van der Waals surface area contributed by atoms with E-state index in [2.05, 4.69) is 5.32 Å². The molecule has 2 aliphatic heterocycles. The van der Waals surface area contributed by atoms with Crippen LogP contribution in [0.15, 0.2) is 0 Å². The first kappa shape index (κ1) is 12.4. The van der Waals surface area contributed by atoms with Crippen LogP contribution in [0.1, 0.15) is 32.6 Å². The van der Waals surface area contributed by atoms with Gasteiger partial charge in [-0.2, -0.15) is 0 Å². The Kier molecular flexibility index (Phi) is 3.66. The molecular weight excluding hydrogens is 218 g/mol. The molecule has 5 heteroatoms. The van der Waals surface area contributed by atoms with E-state index in [-0.39, 0.29) is 29.8 Å². The average Bonchev–Trinajstić information content (AvgIpc) is 2.75. The van der Waals surface area contributed by atoms with Gasteiger partial charge in [-0.15, -0.1) is 0 Å². The van der Waals surface area contributed by atoms with Crippen LogP contribution in [0.3, 0.4) is 0 Å². The fraction of sp³-hybridized carbons (Fsp3) is 0.833. The van der Waals surface area contributed by atoms with Crippen LogP contribution in [0.25, 0.3) is 0 Å². The van der Waals surface area contributed by atoms with Gasteiger partial charge in [0.25, 0.3) is 0 Å². The maximum atomic E-state index is 12.3. The SMILES string of the molecule is CC(N)C1CCCCN1C(=O)C1CNC(=O)C1. The van der Waals surface area contributed by atoms with Gasteiger partial charge < -0.3 is 16.0 Å². The van der Waals surface area contributed by atoms with E-state index in [4.69, 9.17) is 5.73 Å². The Morgan fingerprint density at radius 1 is 1.53 bits per heavy atom. The Morgan fingerprint density at radius 3 is 2.88 bits per heavy atom. The molecule has 2 saturated heterocycles. The summed E-state index contributed by atoms with van der Waals surface area (Å²) in [6, 6.07) is 0.149. The molecule has 5 nitrogen and oxygen atoms in total. The normalized spacial score (nSPS) is 31.2. The van der Waals surface area contributed by atoms with E-state index < -0.39 is 0 Å². The molecule has 3 atom stereocenters. The average molecular weight is 239 g/mol. The molecule has 0 aromatic heterocycles. The second kappa shape index (κ2) is 5.04. The molecule has 3 N–H and O–H groups in total. The van der Waals surface area contributed by atoms with E-state index in [9.17, 15) is 9.59 Å². The van der Waals surface area contributed by atoms with E-state index in [1.165, 1.54) is 0 Å². The summed E-state index contributed by atoms with van der Waals surface area (Å²) in [5.41, 5.74) is 5.94. The van der Waals surface area contributed by atoms with Gasteiger partial charge in [-0.05, 0) is 26.2 Å². The fourth-order valence-electron chi connectivity index (χ4n) is 2.79. The van der Waals surface area contributed by atoms with Crippen LogP contribution in [-0.2, 0) is 9.59 Å². The van der Waals surface area contributed by atoms with Gasteiger partial charge in [0.05, 0.1) is 5.92 Å². The zero-order valence-electron chi connectivity index (χ0n) is 10.3. The lowest BCUT2D eigenvalue weighted by Crippen LogP contribution is -2.53. The van der Waals surface area contributed by atoms with Crippen LogP contribution in [0.4, 0.5) is 0 Å². The van der Waals surface area contributed by atoms with Gasteiger partial charge in [0, 0.05) is 31.6 Å². The quantitative estimate of drug-likeness (QED) is 0.703. The van der Waals surface area contributed by atoms with Crippen molar-refractivity contribution in [3.8, 4) is 0 Å². The van der Waals surface area contributed by atoms with Crippen molar-refractivity contribution in [2.45, 2.75) is 44.7 Å². The van der Waals surface area contributed by atoms with E-state index in [1.807, 2.05) is 11.8 Å². The first-order chi connectivity index (χ1) is 8.09. The van der Waals surface area contributed by atoms with Crippen LogP contribution >= 0.6 is 0 Å². The second-order valence-corrected chi connectivity index (χ2v) is 5.16. The van der Waals surface area contributed by atoms with Gasteiger partial charge in [-0.3, -0.25) is 9.59 Å². The van der Waals surface area contributed by atoms with Crippen molar-refractivity contribution in [2.24, 2.45) is 11.7 Å². The number of carbonyl (C=O) groups is 2. The standard InChI is InChI=1S/C12H21N3O2/c1-8(13)10-4-2-3-5-15(10)12(17)9-6-11(16)14-7-9/h8-10H,2-7,13H2,1H3,(H,14,16). The van der Waals surface area contributed by atoms with Gasteiger partial charge in [0.1, 0.15) is 0 Å². The highest BCUT2D eigenvalue weighted by molar-refractivity contribution is 5.89. The molecule has 2 aliphatic rings. The predicted molar refractivity (Wildman–Crippen MR) is 64.1 cm³/mol. The minimum Gasteiger partial charge on any atom is -0.355 e. The van der Waals surface area contributed by atoms with E-state index in [0.29, 0.717) is 13.0 Å². The Bertz CT molecular complexity index is 317. The summed E-state index contributed by atoms with van der Waals surface area (Å²) >= 11 is 0. The van der Waals surface area contributed by atoms with Crippen LogP contribution < -0.4 is 11.1 Å². The smallest absolute Gasteiger partial charge is 0.228 e. The van der Waals surface area contributed by atoms with Crippen LogP contribution in [-0.4, -0.2) is 41.9 Å². The Balaban J connectivity index is 2.03. The molecule has 17 heavy (non-hydrogen) atoms. The third-order valence-corrected chi connectivity index (χ3v) is 3.77. The molecular formula is C12H21N3O2. The molecule has 0 bridgehead atoms. The predicted octanol–water partition coefficient (Wildman–Crippen LogP) is -0.149. The zero-order chi connectivity index (χ0) is 12.4. The van der Waals surface area contributed by atoms with Crippen molar-refractivity contribution in [1.82, 2.24) is 10.2 Å². The summed E-state index contributed by atoms with van der Waals surface area (Å²) < 4.78 is 0. The van der Waals surface area contributed by atoms with Crippen molar-refractivity contribution in [2.75, 3.05) is 13.1 Å². The summed E-state index contributed by atoms with van der Waals surface area (Å²) in [7, 11) is 0. The maximum Gasteiger partial charge on any atom is 0.228 e. The molecule has 2 rings (SSSR count). The minimum absolute atomic E-state index is 0.00399. The number of nitrogens with one attached hydrogen (secondary N) is 1. The van der Waals surface area contributed by atoms with Crippen molar-refractivity contribution < 1.29 is 9.59 Å². The molecule has 0 aliphatic carbocycles. The molecule has 0 saturated carbocycles. The fourth-order valence-corrected chi connectivity index (χ4v) is 2.79. The first-order valence-electron chi connectivity index (χ1n) is 6.42. The Hall–Kier alpha value is -1.10. The van der Waals surface area contributed by atoms with Crippen LogP contribution in [0, 0.1) is 5.92 Å². The lowest BCUT2D eigenvalue weighted by atomic mass is 9.94. The van der Waals surface area contributed by atoms with Crippen LogP contribution in [0.2, 0.25) is 0 Å². The minimum atomic E-state index is -0.179. The number of rotatable bonds is 2. The van der Waals surface area contributed by atoms with Gasteiger partial charge in [-0.1, -0.05) is 0 Å². The highest BCUT2D eigenvalue weighted by Crippen LogP contribution is 2.23. The molecule has 2 heterocycles. The number of carbonyl (C=O) groups excluding carboxylic acids is 2. The summed E-state index contributed by atoms with van der Waals surface area (Å²) in [5.74, 6) is -0.0927. The first-order valence-corrected chi connectivity index (χ1v) is 6.42. The highest BCUT2D eigenvalue weighted by Gasteiger charge is 2.36. The maximum absolute atomic E-state index is 12.3. The molecule has 0 aromatic carbocycles. The molecule has 3 unspecified atom stereocenters. The van der Waals surface area contributed by atoms with Gasteiger partial charge in [0.15, 0.2) is 0 Å². The molecule has 2 amide bonds. The third kappa shape index (κ3) is 2.60. The second-order valence-electron chi connectivity index (χ2n) is 5.16. The van der Waals surface area contributed by atoms with Gasteiger partial charge >= 0.3 is 0 Å². The van der Waals surface area contributed by atoms with Crippen LogP contribution in [0.5, 0.6) is 0 Å². The summed E-state index contributed by atoms with van der Waals surface area (Å²) in [4.78, 5) is 25.4. The molecule has 0 radical (unpaired) electrons. The monoisotopic (exact) mass is 239 g/mol. The number of hydrogen-bond acceptors (Lipinski definition) is 3. The van der Waals surface area contributed by atoms with E-state index in [1.54, 1.807) is 0 Å². The number of hydrogen-bond donors (Lipinski definition) is 2. The van der Waals surface area contributed by atoms with Crippen molar-refractivity contribution in [1.29, 1.82) is 0 Å². The highest BCUT2D eigenvalue weighted by atomic mass is 16.2.